The van der Waals surface area contributed by atoms with Gasteiger partial charge in [0.2, 0.25) is 5.95 Å². The highest BCUT2D eigenvalue weighted by molar-refractivity contribution is 6.20. The Kier molecular flexibility index (Phi) is 4.21. The monoisotopic (exact) mass is 282 g/mol. The van der Waals surface area contributed by atoms with Crippen LogP contribution in [-0.4, -0.2) is 26.8 Å². The van der Waals surface area contributed by atoms with Crippen molar-refractivity contribution in [2.45, 2.75) is 25.1 Å². The minimum atomic E-state index is -0.421. The number of hydrogen-bond acceptors (Lipinski definition) is 4. The number of anilines is 1. The largest absolute Gasteiger partial charge is 0.356 e. The van der Waals surface area contributed by atoms with Gasteiger partial charge in [-0.1, -0.05) is 0 Å². The van der Waals surface area contributed by atoms with Crippen molar-refractivity contribution in [2.75, 3.05) is 11.9 Å². The number of halogens is 1. The first-order chi connectivity index (χ1) is 9.06. The lowest BCUT2D eigenvalue weighted by atomic mass is 10.2. The summed E-state index contributed by atoms with van der Waals surface area (Å²) in [6.07, 6.45) is 1.88. The smallest absolute Gasteiger partial charge is 0.271 e. The Labute approximate surface area is 115 Å². The molecule has 1 unspecified atom stereocenters. The molecule has 1 atom stereocenters. The SMILES string of the molecule is CC(Cl)CCCNc1nc2ccc([N+](=O)[O-])cc2[nH]1. The maximum absolute atomic E-state index is 10.7. The van der Waals surface area contributed by atoms with Crippen molar-refractivity contribution in [1.82, 2.24) is 9.97 Å². The highest BCUT2D eigenvalue weighted by atomic mass is 35.5. The summed E-state index contributed by atoms with van der Waals surface area (Å²) in [4.78, 5) is 17.6. The van der Waals surface area contributed by atoms with Crippen molar-refractivity contribution in [1.29, 1.82) is 0 Å². The average Bonchev–Trinajstić information content (AvgIpc) is 2.75. The minimum absolute atomic E-state index is 0.0543. The predicted octanol–water partition coefficient (Wildman–Crippen LogP) is 3.29. The van der Waals surface area contributed by atoms with Crippen LogP contribution in [0.1, 0.15) is 19.8 Å². The molecule has 0 fully saturated rings. The Morgan fingerprint density at radius 3 is 3.05 bits per heavy atom. The third kappa shape index (κ3) is 3.57. The first kappa shape index (κ1) is 13.6. The summed E-state index contributed by atoms with van der Waals surface area (Å²) in [5, 5.41) is 14.0. The van der Waals surface area contributed by atoms with Gasteiger partial charge in [0.25, 0.3) is 5.69 Å². The summed E-state index contributed by atoms with van der Waals surface area (Å²) >= 11 is 5.86. The third-order valence-corrected chi connectivity index (χ3v) is 2.97. The van der Waals surface area contributed by atoms with Crippen LogP contribution in [0.5, 0.6) is 0 Å². The van der Waals surface area contributed by atoms with Gasteiger partial charge in [-0.05, 0) is 25.8 Å². The highest BCUT2D eigenvalue weighted by Gasteiger charge is 2.09. The van der Waals surface area contributed by atoms with Crippen molar-refractivity contribution in [3.8, 4) is 0 Å². The fraction of sp³-hybridized carbons (Fsp3) is 0.417. The van der Waals surface area contributed by atoms with Crippen molar-refractivity contribution in [2.24, 2.45) is 0 Å². The van der Waals surface area contributed by atoms with Gasteiger partial charge >= 0.3 is 0 Å². The third-order valence-electron chi connectivity index (χ3n) is 2.75. The van der Waals surface area contributed by atoms with E-state index >= 15 is 0 Å². The van der Waals surface area contributed by atoms with Gasteiger partial charge in [-0.3, -0.25) is 10.1 Å². The van der Waals surface area contributed by atoms with E-state index in [1.807, 2.05) is 6.92 Å². The van der Waals surface area contributed by atoms with Gasteiger partial charge in [-0.15, -0.1) is 11.6 Å². The van der Waals surface area contributed by atoms with Gasteiger partial charge < -0.3 is 10.3 Å². The van der Waals surface area contributed by atoms with Crippen LogP contribution in [0, 0.1) is 10.1 Å². The molecule has 2 rings (SSSR count). The second-order valence-corrected chi connectivity index (χ2v) is 5.14. The van der Waals surface area contributed by atoms with E-state index in [1.54, 1.807) is 6.07 Å². The summed E-state index contributed by atoms with van der Waals surface area (Å²) in [5.41, 5.74) is 1.42. The molecule has 0 amide bonds. The second kappa shape index (κ2) is 5.88. The molecule has 6 nitrogen and oxygen atoms in total. The molecule has 0 bridgehead atoms. The summed E-state index contributed by atoms with van der Waals surface area (Å²) in [6.45, 7) is 2.72. The lowest BCUT2D eigenvalue weighted by Crippen LogP contribution is -2.04. The molecule has 102 valence electrons. The van der Waals surface area contributed by atoms with Crippen molar-refractivity contribution >= 4 is 34.3 Å². The van der Waals surface area contributed by atoms with E-state index in [4.69, 9.17) is 11.6 Å². The number of non-ortho nitro benzene ring substituents is 1. The lowest BCUT2D eigenvalue weighted by molar-refractivity contribution is -0.384. The zero-order valence-electron chi connectivity index (χ0n) is 10.5. The first-order valence-corrected chi connectivity index (χ1v) is 6.52. The maximum Gasteiger partial charge on any atom is 0.271 e. The van der Waals surface area contributed by atoms with E-state index in [0.717, 1.165) is 19.4 Å². The molecule has 0 saturated carbocycles. The van der Waals surface area contributed by atoms with Gasteiger partial charge in [0.15, 0.2) is 0 Å². The summed E-state index contributed by atoms with van der Waals surface area (Å²) in [5.74, 6) is 0.623. The Bertz CT molecular complexity index is 582. The molecule has 1 aromatic carbocycles. The number of aromatic amines is 1. The zero-order chi connectivity index (χ0) is 13.8. The summed E-state index contributed by atoms with van der Waals surface area (Å²) < 4.78 is 0. The Hall–Kier alpha value is -1.82. The molecule has 2 N–H and O–H groups in total. The summed E-state index contributed by atoms with van der Waals surface area (Å²) in [7, 11) is 0. The van der Waals surface area contributed by atoms with Crippen LogP contribution in [-0.2, 0) is 0 Å². The first-order valence-electron chi connectivity index (χ1n) is 6.08. The van der Waals surface area contributed by atoms with E-state index in [-0.39, 0.29) is 11.1 Å². The minimum Gasteiger partial charge on any atom is -0.356 e. The van der Waals surface area contributed by atoms with Crippen LogP contribution in [0.2, 0.25) is 0 Å². The van der Waals surface area contributed by atoms with Gasteiger partial charge in [-0.25, -0.2) is 4.98 Å². The van der Waals surface area contributed by atoms with Gasteiger partial charge in [-0.2, -0.15) is 0 Å². The number of hydrogen-bond donors (Lipinski definition) is 2. The van der Waals surface area contributed by atoms with E-state index in [0.29, 0.717) is 17.0 Å². The second-order valence-electron chi connectivity index (χ2n) is 4.39. The van der Waals surface area contributed by atoms with Crippen LogP contribution in [0.15, 0.2) is 18.2 Å². The molecular weight excluding hydrogens is 268 g/mol. The maximum atomic E-state index is 10.7. The summed E-state index contributed by atoms with van der Waals surface area (Å²) in [6, 6.07) is 4.56. The number of H-pyrrole nitrogens is 1. The molecular formula is C12H15ClN4O2. The quantitative estimate of drug-likeness (QED) is 0.368. The van der Waals surface area contributed by atoms with Crippen LogP contribution < -0.4 is 5.32 Å². The van der Waals surface area contributed by atoms with Crippen LogP contribution in [0.4, 0.5) is 11.6 Å². The number of nitrogens with zero attached hydrogens (tertiary/aromatic N) is 2. The number of alkyl halides is 1. The van der Waals surface area contributed by atoms with E-state index in [9.17, 15) is 10.1 Å². The molecule has 19 heavy (non-hydrogen) atoms. The number of nitro benzene ring substituents is 1. The van der Waals surface area contributed by atoms with Gasteiger partial charge in [0, 0.05) is 24.1 Å². The molecule has 1 heterocycles. The molecule has 0 aliphatic rings. The van der Waals surface area contributed by atoms with Crippen molar-refractivity contribution in [3.63, 3.8) is 0 Å². The topological polar surface area (TPSA) is 83.8 Å². The number of imidazole rings is 1. The standard InChI is InChI=1S/C12H15ClN4O2/c1-8(13)3-2-6-14-12-15-10-5-4-9(17(18)19)7-11(10)16-12/h4-5,7-8H,2-3,6H2,1H3,(H2,14,15,16). The molecule has 1 aromatic heterocycles. The highest BCUT2D eigenvalue weighted by Crippen LogP contribution is 2.20. The fourth-order valence-corrected chi connectivity index (χ4v) is 1.94. The number of aromatic nitrogens is 2. The van der Waals surface area contributed by atoms with Gasteiger partial charge in [0.05, 0.1) is 16.0 Å². The van der Waals surface area contributed by atoms with Crippen molar-refractivity contribution < 1.29 is 4.92 Å². The van der Waals surface area contributed by atoms with Crippen LogP contribution >= 0.6 is 11.6 Å². The molecule has 0 spiro atoms. The van der Waals surface area contributed by atoms with E-state index < -0.39 is 4.92 Å². The normalized spacial score (nSPS) is 12.5. The number of nitro groups is 1. The number of benzene rings is 1. The fourth-order valence-electron chi connectivity index (χ4n) is 1.79. The molecule has 0 aliphatic carbocycles. The molecule has 0 radical (unpaired) electrons. The molecule has 2 aromatic rings. The lowest BCUT2D eigenvalue weighted by Gasteiger charge is -2.03. The number of fused-ring (bicyclic) bond motifs is 1. The van der Waals surface area contributed by atoms with Crippen LogP contribution in [0.25, 0.3) is 11.0 Å². The number of rotatable bonds is 6. The Morgan fingerprint density at radius 1 is 1.58 bits per heavy atom. The van der Waals surface area contributed by atoms with E-state index in [1.165, 1.54) is 12.1 Å². The van der Waals surface area contributed by atoms with Gasteiger partial charge in [0.1, 0.15) is 0 Å². The molecule has 0 saturated heterocycles. The van der Waals surface area contributed by atoms with Crippen LogP contribution in [0.3, 0.4) is 0 Å². The molecule has 0 aliphatic heterocycles. The Morgan fingerprint density at radius 2 is 2.37 bits per heavy atom. The number of nitrogens with one attached hydrogen (secondary N) is 2. The van der Waals surface area contributed by atoms with Crippen molar-refractivity contribution in [3.05, 3.63) is 28.3 Å². The Balaban J connectivity index is 2.03. The zero-order valence-corrected chi connectivity index (χ0v) is 11.3. The molecule has 7 heteroatoms. The predicted molar refractivity (Wildman–Crippen MR) is 75.8 cm³/mol. The van der Waals surface area contributed by atoms with E-state index in [2.05, 4.69) is 15.3 Å². The average molecular weight is 283 g/mol.